The van der Waals surface area contributed by atoms with Crippen LogP contribution in [0, 0.1) is 11.3 Å². The molecule has 2 saturated heterocycles. The lowest BCUT2D eigenvalue weighted by molar-refractivity contribution is 0.00578. The third-order valence-corrected chi connectivity index (χ3v) is 8.97. The van der Waals surface area contributed by atoms with Gasteiger partial charge in [-0.2, -0.15) is 5.26 Å². The number of benzene rings is 2. The zero-order valence-corrected chi connectivity index (χ0v) is 23.8. The van der Waals surface area contributed by atoms with Crippen LogP contribution in [0.2, 0.25) is 0 Å². The molecule has 0 amide bonds. The SMILES string of the molecule is CC1(C)OB(c2ccc3c(c2)c2cc(B4OC(C)(C)C(C)(C)O4)ccc2n3-c2ccc(C#N)cn2)OC1(C)C. The van der Waals surface area contributed by atoms with Crippen LogP contribution in [-0.2, 0) is 18.6 Å². The maximum atomic E-state index is 9.27. The van der Waals surface area contributed by atoms with Gasteiger partial charge in [0.15, 0.2) is 0 Å². The van der Waals surface area contributed by atoms with E-state index in [-0.39, 0.29) is 0 Å². The Bertz CT molecular complexity index is 1530. The van der Waals surface area contributed by atoms with E-state index in [0.717, 1.165) is 38.5 Å². The Hall–Kier alpha value is -3.15. The molecule has 6 rings (SSSR count). The fourth-order valence-corrected chi connectivity index (χ4v) is 5.14. The summed E-state index contributed by atoms with van der Waals surface area (Å²) in [6.45, 7) is 16.5. The van der Waals surface area contributed by atoms with Crippen LogP contribution in [-0.4, -0.2) is 46.2 Å². The Morgan fingerprint density at radius 1 is 0.667 bits per heavy atom. The first-order valence-electron chi connectivity index (χ1n) is 13.4. The Kier molecular flexibility index (Phi) is 5.64. The van der Waals surface area contributed by atoms with Crippen molar-refractivity contribution in [3.63, 3.8) is 0 Å². The monoisotopic (exact) mass is 521 g/mol. The van der Waals surface area contributed by atoms with Crippen LogP contribution in [0.3, 0.4) is 0 Å². The molecule has 2 fully saturated rings. The second-order valence-electron chi connectivity index (χ2n) is 12.6. The van der Waals surface area contributed by atoms with Crippen molar-refractivity contribution in [3.8, 4) is 11.9 Å². The predicted molar refractivity (Wildman–Crippen MR) is 155 cm³/mol. The molecule has 2 aromatic carbocycles. The molecule has 39 heavy (non-hydrogen) atoms. The minimum Gasteiger partial charge on any atom is -0.399 e. The van der Waals surface area contributed by atoms with Crippen molar-refractivity contribution in [2.45, 2.75) is 77.8 Å². The summed E-state index contributed by atoms with van der Waals surface area (Å²) in [5, 5.41) is 11.4. The van der Waals surface area contributed by atoms with Crippen molar-refractivity contribution in [1.29, 1.82) is 5.26 Å². The zero-order valence-electron chi connectivity index (χ0n) is 23.8. The summed E-state index contributed by atoms with van der Waals surface area (Å²) >= 11 is 0. The van der Waals surface area contributed by atoms with E-state index in [0.29, 0.717) is 5.56 Å². The predicted octanol–water partition coefficient (Wildman–Crippen LogP) is 4.65. The average molecular weight is 521 g/mol. The minimum absolute atomic E-state index is 0.434. The highest BCUT2D eigenvalue weighted by molar-refractivity contribution is 6.63. The van der Waals surface area contributed by atoms with Gasteiger partial charge < -0.3 is 18.6 Å². The summed E-state index contributed by atoms with van der Waals surface area (Å²) in [5.41, 5.74) is 2.68. The zero-order chi connectivity index (χ0) is 28.0. The van der Waals surface area contributed by atoms with Crippen LogP contribution in [0.1, 0.15) is 61.0 Å². The van der Waals surface area contributed by atoms with E-state index >= 15 is 0 Å². The summed E-state index contributed by atoms with van der Waals surface area (Å²) in [5.74, 6) is 0.737. The van der Waals surface area contributed by atoms with Crippen LogP contribution < -0.4 is 10.9 Å². The molecule has 0 aliphatic carbocycles. The second kappa shape index (κ2) is 8.42. The fourth-order valence-electron chi connectivity index (χ4n) is 5.14. The number of fused-ring (bicyclic) bond motifs is 3. The molecule has 0 N–H and O–H groups in total. The molecule has 9 heteroatoms. The maximum absolute atomic E-state index is 9.27. The Labute approximate surface area is 230 Å². The van der Waals surface area contributed by atoms with Crippen molar-refractivity contribution in [1.82, 2.24) is 9.55 Å². The molecule has 2 aromatic heterocycles. The van der Waals surface area contributed by atoms with Gasteiger partial charge >= 0.3 is 14.2 Å². The lowest BCUT2D eigenvalue weighted by atomic mass is 9.77. The molecular formula is C30H33B2N3O4. The highest BCUT2D eigenvalue weighted by Crippen LogP contribution is 2.39. The Morgan fingerprint density at radius 3 is 1.46 bits per heavy atom. The minimum atomic E-state index is -0.475. The highest BCUT2D eigenvalue weighted by atomic mass is 16.7. The lowest BCUT2D eigenvalue weighted by Gasteiger charge is -2.32. The summed E-state index contributed by atoms with van der Waals surface area (Å²) in [4.78, 5) is 4.61. The van der Waals surface area contributed by atoms with Gasteiger partial charge in [-0.25, -0.2) is 4.98 Å². The van der Waals surface area contributed by atoms with E-state index in [1.165, 1.54) is 0 Å². The van der Waals surface area contributed by atoms with Crippen molar-refractivity contribution in [2.75, 3.05) is 0 Å². The van der Waals surface area contributed by atoms with Crippen LogP contribution >= 0.6 is 0 Å². The third-order valence-electron chi connectivity index (χ3n) is 8.97. The molecule has 0 saturated carbocycles. The highest BCUT2D eigenvalue weighted by Gasteiger charge is 2.53. The van der Waals surface area contributed by atoms with Gasteiger partial charge in [0.1, 0.15) is 11.9 Å². The van der Waals surface area contributed by atoms with Gasteiger partial charge in [-0.1, -0.05) is 24.3 Å². The van der Waals surface area contributed by atoms with E-state index in [4.69, 9.17) is 18.6 Å². The van der Waals surface area contributed by atoms with E-state index < -0.39 is 36.6 Å². The lowest BCUT2D eigenvalue weighted by Crippen LogP contribution is -2.41. The molecule has 4 heterocycles. The second-order valence-corrected chi connectivity index (χ2v) is 12.6. The number of rotatable bonds is 3. The molecule has 198 valence electrons. The maximum Gasteiger partial charge on any atom is 0.494 e. The van der Waals surface area contributed by atoms with E-state index in [1.54, 1.807) is 12.3 Å². The van der Waals surface area contributed by atoms with E-state index in [9.17, 15) is 5.26 Å². The Balaban J connectivity index is 1.53. The first-order valence-corrected chi connectivity index (χ1v) is 13.4. The van der Waals surface area contributed by atoms with Gasteiger partial charge in [0.25, 0.3) is 0 Å². The van der Waals surface area contributed by atoms with Gasteiger partial charge in [-0.15, -0.1) is 0 Å². The van der Waals surface area contributed by atoms with Gasteiger partial charge in [0, 0.05) is 17.0 Å². The van der Waals surface area contributed by atoms with Gasteiger partial charge in [0.05, 0.1) is 39.0 Å². The first-order chi connectivity index (χ1) is 18.2. The molecule has 0 radical (unpaired) electrons. The van der Waals surface area contributed by atoms with Crippen LogP contribution in [0.25, 0.3) is 27.6 Å². The topological polar surface area (TPSA) is 78.5 Å². The normalized spacial score (nSPS) is 21.1. The van der Waals surface area contributed by atoms with Crippen molar-refractivity contribution >= 4 is 47.0 Å². The Morgan fingerprint density at radius 2 is 1.10 bits per heavy atom. The average Bonchev–Trinajstić information content (AvgIpc) is 3.40. The van der Waals surface area contributed by atoms with Crippen molar-refractivity contribution in [2.24, 2.45) is 0 Å². The number of hydrogen-bond donors (Lipinski definition) is 0. The largest absolute Gasteiger partial charge is 0.494 e. The van der Waals surface area contributed by atoms with Crippen LogP contribution in [0.15, 0.2) is 54.7 Å². The number of pyridine rings is 1. The summed E-state index contributed by atoms with van der Waals surface area (Å²) in [6.07, 6.45) is 1.60. The van der Waals surface area contributed by atoms with Crippen molar-refractivity contribution in [3.05, 3.63) is 60.3 Å². The quantitative estimate of drug-likeness (QED) is 0.366. The van der Waals surface area contributed by atoms with E-state index in [1.807, 2.05) is 6.07 Å². The molecular weight excluding hydrogens is 488 g/mol. The van der Waals surface area contributed by atoms with Gasteiger partial charge in [0.2, 0.25) is 0 Å². The molecule has 7 nitrogen and oxygen atoms in total. The summed E-state index contributed by atoms with van der Waals surface area (Å²) in [7, 11) is -0.950. The number of nitrogens with zero attached hydrogens (tertiary/aromatic N) is 3. The molecule has 0 unspecified atom stereocenters. The fraction of sp³-hybridized carbons (Fsp3) is 0.400. The van der Waals surface area contributed by atoms with Crippen LogP contribution in [0.4, 0.5) is 0 Å². The van der Waals surface area contributed by atoms with Crippen LogP contribution in [0.5, 0.6) is 0 Å². The van der Waals surface area contributed by atoms with Crippen molar-refractivity contribution < 1.29 is 18.6 Å². The summed E-state index contributed by atoms with van der Waals surface area (Å²) < 4.78 is 27.6. The molecule has 2 aliphatic rings. The number of hydrogen-bond acceptors (Lipinski definition) is 6. The number of aromatic nitrogens is 2. The number of nitriles is 1. The molecule has 2 aliphatic heterocycles. The molecule has 0 bridgehead atoms. The van der Waals surface area contributed by atoms with Gasteiger partial charge in [-0.05, 0) is 90.6 Å². The molecule has 0 spiro atoms. The van der Waals surface area contributed by atoms with Gasteiger partial charge in [-0.3, -0.25) is 4.57 Å². The molecule has 4 aromatic rings. The molecule has 0 atom stereocenters. The van der Waals surface area contributed by atoms with E-state index in [2.05, 4.69) is 107 Å². The third kappa shape index (κ3) is 4.01. The first kappa shape index (κ1) is 26.1. The smallest absolute Gasteiger partial charge is 0.399 e. The standard InChI is InChI=1S/C30H33B2N3O4/c1-27(2)28(3,4)37-31(36-27)20-10-12-24-22(15-20)23-16-21(32-38-29(5,6)30(7,8)39-32)11-13-25(23)35(24)26-14-9-19(17-33)18-34-26/h9-16,18H,1-8H3. The summed E-state index contributed by atoms with van der Waals surface area (Å²) in [6, 6.07) is 18.4.